The number of nitrogens with one attached hydrogen (secondary N) is 2. The Hall–Kier alpha value is -2.05. The second-order valence-electron chi connectivity index (χ2n) is 4.15. The average molecular weight is 309 g/mol. The Morgan fingerprint density at radius 2 is 2.10 bits per heavy atom. The molecule has 102 valence electrons. The summed E-state index contributed by atoms with van der Waals surface area (Å²) in [6.07, 6.45) is 1.64. The third-order valence-electron chi connectivity index (χ3n) is 2.79. The van der Waals surface area contributed by atoms with Gasteiger partial charge in [0.05, 0.1) is 11.6 Å². The average Bonchev–Trinajstić information content (AvgIpc) is 2.85. The minimum Gasteiger partial charge on any atom is -0.368 e. The quantitative estimate of drug-likeness (QED) is 0.692. The highest BCUT2D eigenvalue weighted by atomic mass is 35.5. The number of hydrogen-bond donors (Lipinski definition) is 3. The monoisotopic (exact) mass is 308 g/mol. The van der Waals surface area contributed by atoms with Crippen molar-refractivity contribution in [1.29, 1.82) is 0 Å². The molecule has 6 nitrogen and oxygen atoms in total. The van der Waals surface area contributed by atoms with Gasteiger partial charge in [0.1, 0.15) is 5.82 Å². The molecule has 0 atom stereocenters. The lowest BCUT2D eigenvalue weighted by atomic mass is 10.2. The summed E-state index contributed by atoms with van der Waals surface area (Å²) in [7, 11) is 0. The summed E-state index contributed by atoms with van der Waals surface area (Å²) < 4.78 is 0. The van der Waals surface area contributed by atoms with Crippen molar-refractivity contribution >= 4 is 46.0 Å². The van der Waals surface area contributed by atoms with Crippen molar-refractivity contribution in [1.82, 2.24) is 20.2 Å². The molecule has 20 heavy (non-hydrogen) atoms. The maximum absolute atomic E-state index is 6.12. The van der Waals surface area contributed by atoms with Crippen LogP contribution < -0.4 is 11.1 Å². The molecule has 0 spiro atoms. The maximum Gasteiger partial charge on any atom is 0.224 e. The van der Waals surface area contributed by atoms with Gasteiger partial charge in [0, 0.05) is 16.6 Å². The molecular formula is C12H10Cl2N6. The fraction of sp³-hybridized carbons (Fsp3) is 0.0833. The molecule has 2 aromatic heterocycles. The van der Waals surface area contributed by atoms with E-state index in [4.69, 9.17) is 28.9 Å². The third kappa shape index (κ3) is 2.48. The van der Waals surface area contributed by atoms with Crippen LogP contribution in [0, 0.1) is 0 Å². The Kier molecular flexibility index (Phi) is 3.33. The molecule has 4 N–H and O–H groups in total. The van der Waals surface area contributed by atoms with Crippen LogP contribution in [-0.4, -0.2) is 20.2 Å². The minimum atomic E-state index is 0.173. The number of H-pyrrole nitrogens is 1. The van der Waals surface area contributed by atoms with Crippen LogP contribution in [0.1, 0.15) is 5.56 Å². The van der Waals surface area contributed by atoms with Crippen molar-refractivity contribution in [2.75, 3.05) is 11.1 Å². The van der Waals surface area contributed by atoms with E-state index in [1.165, 1.54) is 0 Å². The van der Waals surface area contributed by atoms with Gasteiger partial charge >= 0.3 is 0 Å². The fourth-order valence-corrected chi connectivity index (χ4v) is 2.31. The van der Waals surface area contributed by atoms with Crippen molar-refractivity contribution in [2.45, 2.75) is 6.54 Å². The van der Waals surface area contributed by atoms with Crippen LogP contribution in [-0.2, 0) is 6.54 Å². The number of halogens is 2. The Morgan fingerprint density at radius 3 is 2.90 bits per heavy atom. The van der Waals surface area contributed by atoms with Gasteiger partial charge in [-0.05, 0) is 17.7 Å². The molecule has 3 rings (SSSR count). The number of hydrogen-bond acceptors (Lipinski definition) is 5. The zero-order valence-electron chi connectivity index (χ0n) is 10.2. The smallest absolute Gasteiger partial charge is 0.224 e. The van der Waals surface area contributed by atoms with Gasteiger partial charge in [-0.25, -0.2) is 0 Å². The lowest BCUT2D eigenvalue weighted by molar-refractivity contribution is 1.08. The van der Waals surface area contributed by atoms with Gasteiger partial charge in [0.25, 0.3) is 0 Å². The van der Waals surface area contributed by atoms with Crippen LogP contribution in [0.2, 0.25) is 10.0 Å². The largest absolute Gasteiger partial charge is 0.368 e. The van der Waals surface area contributed by atoms with Crippen LogP contribution in [0.15, 0.2) is 24.4 Å². The molecular weight excluding hydrogens is 299 g/mol. The normalized spacial score (nSPS) is 10.9. The van der Waals surface area contributed by atoms with E-state index in [1.807, 2.05) is 6.07 Å². The maximum atomic E-state index is 6.12. The first-order chi connectivity index (χ1) is 9.63. The van der Waals surface area contributed by atoms with Crippen LogP contribution in [0.5, 0.6) is 0 Å². The van der Waals surface area contributed by atoms with Crippen molar-refractivity contribution in [3.63, 3.8) is 0 Å². The molecule has 0 saturated carbocycles. The summed E-state index contributed by atoms with van der Waals surface area (Å²) in [5.74, 6) is 0.777. The number of benzene rings is 1. The van der Waals surface area contributed by atoms with Crippen molar-refractivity contribution in [2.24, 2.45) is 0 Å². The molecule has 0 saturated heterocycles. The predicted octanol–water partition coefficient (Wildman–Crippen LogP) is 2.85. The van der Waals surface area contributed by atoms with Gasteiger partial charge in [-0.3, -0.25) is 5.10 Å². The van der Waals surface area contributed by atoms with E-state index in [0.29, 0.717) is 28.1 Å². The summed E-state index contributed by atoms with van der Waals surface area (Å²) in [5, 5.41) is 11.8. The zero-order chi connectivity index (χ0) is 14.1. The van der Waals surface area contributed by atoms with Crippen molar-refractivity contribution in [3.8, 4) is 0 Å². The van der Waals surface area contributed by atoms with E-state index >= 15 is 0 Å². The van der Waals surface area contributed by atoms with E-state index < -0.39 is 0 Å². The van der Waals surface area contributed by atoms with E-state index in [0.717, 1.165) is 10.9 Å². The van der Waals surface area contributed by atoms with Gasteiger partial charge in [-0.1, -0.05) is 29.3 Å². The van der Waals surface area contributed by atoms with Crippen molar-refractivity contribution < 1.29 is 0 Å². The summed E-state index contributed by atoms with van der Waals surface area (Å²) in [4.78, 5) is 8.21. The van der Waals surface area contributed by atoms with E-state index in [9.17, 15) is 0 Å². The zero-order valence-corrected chi connectivity index (χ0v) is 11.7. The molecule has 0 radical (unpaired) electrons. The Bertz CT molecular complexity index is 770. The molecule has 0 unspecified atom stereocenters. The van der Waals surface area contributed by atoms with Crippen molar-refractivity contribution in [3.05, 3.63) is 40.0 Å². The lowest BCUT2D eigenvalue weighted by Crippen LogP contribution is -2.05. The molecule has 0 aliphatic heterocycles. The number of fused-ring (bicyclic) bond motifs is 1. The molecule has 2 heterocycles. The highest BCUT2D eigenvalue weighted by Gasteiger charge is 2.08. The van der Waals surface area contributed by atoms with Crippen LogP contribution >= 0.6 is 23.2 Å². The summed E-state index contributed by atoms with van der Waals surface area (Å²) in [6.45, 7) is 0.493. The number of aromatic nitrogens is 4. The second kappa shape index (κ2) is 5.15. The van der Waals surface area contributed by atoms with Crippen LogP contribution in [0.3, 0.4) is 0 Å². The van der Waals surface area contributed by atoms with Gasteiger partial charge < -0.3 is 11.1 Å². The Morgan fingerprint density at radius 1 is 1.25 bits per heavy atom. The van der Waals surface area contributed by atoms with E-state index in [-0.39, 0.29) is 5.95 Å². The molecule has 3 aromatic rings. The minimum absolute atomic E-state index is 0.173. The van der Waals surface area contributed by atoms with Gasteiger partial charge in [-0.2, -0.15) is 15.1 Å². The SMILES string of the molecule is Nc1nc(NCc2ccc(Cl)cc2Cl)c2cn[nH]c2n1. The first-order valence-corrected chi connectivity index (χ1v) is 6.53. The van der Waals surface area contributed by atoms with Gasteiger partial charge in [0.2, 0.25) is 5.95 Å². The highest BCUT2D eigenvalue weighted by molar-refractivity contribution is 6.35. The lowest BCUT2D eigenvalue weighted by Gasteiger charge is -2.08. The first kappa shape index (κ1) is 13.0. The van der Waals surface area contributed by atoms with Crippen LogP contribution in [0.25, 0.3) is 11.0 Å². The molecule has 0 amide bonds. The summed E-state index contributed by atoms with van der Waals surface area (Å²) >= 11 is 12.0. The Balaban J connectivity index is 1.88. The molecule has 0 aliphatic carbocycles. The Labute approximate surface area is 124 Å². The van der Waals surface area contributed by atoms with E-state index in [2.05, 4.69) is 25.5 Å². The number of nitrogens with two attached hydrogens (primary N) is 1. The summed E-state index contributed by atoms with van der Waals surface area (Å²) in [6, 6.07) is 5.34. The van der Waals surface area contributed by atoms with Crippen LogP contribution in [0.4, 0.5) is 11.8 Å². The number of nitrogen functional groups attached to an aromatic ring is 1. The summed E-state index contributed by atoms with van der Waals surface area (Å²) in [5.41, 5.74) is 7.14. The number of rotatable bonds is 3. The second-order valence-corrected chi connectivity index (χ2v) is 5.00. The van der Waals surface area contributed by atoms with Gasteiger partial charge in [-0.15, -0.1) is 0 Å². The number of anilines is 2. The standard InChI is InChI=1S/C12H10Cl2N6/c13-7-2-1-6(9(14)3-7)4-16-10-8-5-17-20-11(8)19-12(15)18-10/h1-3,5H,4H2,(H4,15,16,17,18,19,20). The molecule has 1 aromatic carbocycles. The molecule has 0 aliphatic rings. The molecule has 0 fully saturated rings. The highest BCUT2D eigenvalue weighted by Crippen LogP contribution is 2.23. The first-order valence-electron chi connectivity index (χ1n) is 5.78. The third-order valence-corrected chi connectivity index (χ3v) is 3.38. The van der Waals surface area contributed by atoms with Gasteiger partial charge in [0.15, 0.2) is 5.65 Å². The number of nitrogens with zero attached hydrogens (tertiary/aromatic N) is 3. The van der Waals surface area contributed by atoms with E-state index in [1.54, 1.807) is 18.3 Å². The molecule has 8 heteroatoms. The topological polar surface area (TPSA) is 92.5 Å². The predicted molar refractivity (Wildman–Crippen MR) is 79.9 cm³/mol. The fourth-order valence-electron chi connectivity index (χ4n) is 1.83. The molecule has 0 bridgehead atoms. The number of aromatic amines is 1.